The second-order valence-electron chi connectivity index (χ2n) is 3.35. The molecule has 1 unspecified atom stereocenters. The lowest BCUT2D eigenvalue weighted by atomic mass is 10.1. The Balaban J connectivity index is 0.000000292. The van der Waals surface area contributed by atoms with E-state index in [0.29, 0.717) is 12.0 Å². The number of rotatable bonds is 1. The van der Waals surface area contributed by atoms with E-state index in [1.54, 1.807) is 0 Å². The Kier molecular flexibility index (Phi) is 6.11. The highest BCUT2D eigenvalue weighted by molar-refractivity contribution is 6.50. The summed E-state index contributed by atoms with van der Waals surface area (Å²) in [6, 6.07) is 0. The van der Waals surface area contributed by atoms with Gasteiger partial charge in [0.1, 0.15) is 0 Å². The predicted octanol–water partition coefficient (Wildman–Crippen LogP) is 1.93. The van der Waals surface area contributed by atoms with Gasteiger partial charge in [0.2, 0.25) is 0 Å². The molecule has 1 fully saturated rings. The number of nitrogens with one attached hydrogen (secondary N) is 1. The van der Waals surface area contributed by atoms with Crippen molar-refractivity contribution in [3.05, 3.63) is 0 Å². The van der Waals surface area contributed by atoms with Crippen LogP contribution in [0.25, 0.3) is 0 Å². The molecule has 0 amide bonds. The first-order valence-corrected chi connectivity index (χ1v) is 4.50. The van der Waals surface area contributed by atoms with Crippen molar-refractivity contribution in [1.29, 1.82) is 0 Å². The first-order valence-electron chi connectivity index (χ1n) is 4.50. The first kappa shape index (κ1) is 13.7. The van der Waals surface area contributed by atoms with Crippen LogP contribution in [0.15, 0.2) is 0 Å². The van der Waals surface area contributed by atoms with Crippen LogP contribution in [0.5, 0.6) is 0 Å². The Morgan fingerprint density at radius 3 is 2.00 bits per heavy atom. The Morgan fingerprint density at radius 2 is 1.79 bits per heavy atom. The van der Waals surface area contributed by atoms with E-state index in [1.165, 1.54) is 0 Å². The molecule has 86 valence electrons. The van der Waals surface area contributed by atoms with Crippen molar-refractivity contribution in [3.8, 4) is 0 Å². The first-order chi connectivity index (χ1) is 6.30. The van der Waals surface area contributed by atoms with E-state index < -0.39 is 7.25 Å². The third-order valence-corrected chi connectivity index (χ3v) is 1.70. The van der Waals surface area contributed by atoms with Crippen molar-refractivity contribution in [2.24, 2.45) is 5.92 Å². The number of ether oxygens (including phenoxy) is 1. The van der Waals surface area contributed by atoms with Gasteiger partial charge in [-0.2, -0.15) is 0 Å². The zero-order valence-corrected chi connectivity index (χ0v) is 8.27. The molecule has 0 aliphatic carbocycles. The van der Waals surface area contributed by atoms with E-state index >= 15 is 0 Å². The Morgan fingerprint density at radius 1 is 1.29 bits per heavy atom. The van der Waals surface area contributed by atoms with Crippen molar-refractivity contribution in [2.45, 2.75) is 20.0 Å². The molecule has 1 aliphatic rings. The summed E-state index contributed by atoms with van der Waals surface area (Å²) in [5, 5.41) is 3.29. The fourth-order valence-electron chi connectivity index (χ4n) is 1.01. The van der Waals surface area contributed by atoms with Gasteiger partial charge in [0.05, 0.1) is 12.7 Å². The summed E-state index contributed by atoms with van der Waals surface area (Å²) >= 11 is 0. The van der Waals surface area contributed by atoms with Gasteiger partial charge in [0, 0.05) is 13.1 Å². The summed E-state index contributed by atoms with van der Waals surface area (Å²) in [6.07, 6.45) is 0.443. The molecule has 0 bridgehead atoms. The number of morpholine rings is 1. The molecule has 7 heteroatoms. The molecular formula is C7H15BF4NO-. The third-order valence-electron chi connectivity index (χ3n) is 1.70. The van der Waals surface area contributed by atoms with Gasteiger partial charge in [-0.15, -0.1) is 0 Å². The van der Waals surface area contributed by atoms with Gasteiger partial charge in [0.25, 0.3) is 0 Å². The van der Waals surface area contributed by atoms with Gasteiger partial charge in [-0.1, -0.05) is 13.8 Å². The van der Waals surface area contributed by atoms with E-state index in [1.807, 2.05) is 0 Å². The van der Waals surface area contributed by atoms with Crippen LogP contribution in [-0.2, 0) is 4.74 Å². The van der Waals surface area contributed by atoms with Gasteiger partial charge in [-0.05, 0) is 5.92 Å². The lowest BCUT2D eigenvalue weighted by molar-refractivity contribution is 0.000507. The van der Waals surface area contributed by atoms with Gasteiger partial charge in [-0.25, -0.2) is 0 Å². The van der Waals surface area contributed by atoms with Crippen LogP contribution < -0.4 is 5.32 Å². The fourth-order valence-corrected chi connectivity index (χ4v) is 1.01. The molecule has 0 radical (unpaired) electrons. The molecule has 1 heterocycles. The lowest BCUT2D eigenvalue weighted by Crippen LogP contribution is -2.41. The minimum absolute atomic E-state index is 0.443. The molecule has 1 aliphatic heterocycles. The highest BCUT2D eigenvalue weighted by Gasteiger charge is 2.20. The molecule has 1 N–H and O–H groups in total. The summed E-state index contributed by atoms with van der Waals surface area (Å²) < 4.78 is 44.5. The summed E-state index contributed by atoms with van der Waals surface area (Å²) in [4.78, 5) is 0. The lowest BCUT2D eigenvalue weighted by Gasteiger charge is -2.26. The van der Waals surface area contributed by atoms with E-state index in [0.717, 1.165) is 19.7 Å². The third kappa shape index (κ3) is 9.79. The average molecular weight is 216 g/mol. The van der Waals surface area contributed by atoms with Crippen LogP contribution in [0.1, 0.15) is 13.8 Å². The van der Waals surface area contributed by atoms with Crippen LogP contribution in [0.3, 0.4) is 0 Å². The summed E-state index contributed by atoms with van der Waals surface area (Å²) in [6.45, 7) is 7.30. The molecule has 0 spiro atoms. The molecule has 1 saturated heterocycles. The molecule has 0 aromatic carbocycles. The highest BCUT2D eigenvalue weighted by Crippen LogP contribution is 2.07. The van der Waals surface area contributed by atoms with Crippen LogP contribution in [0, 0.1) is 5.92 Å². The van der Waals surface area contributed by atoms with Crippen molar-refractivity contribution >= 4 is 7.25 Å². The minimum atomic E-state index is -6.00. The molecule has 2 nitrogen and oxygen atoms in total. The topological polar surface area (TPSA) is 21.3 Å². The maximum atomic E-state index is 9.75. The van der Waals surface area contributed by atoms with Crippen molar-refractivity contribution in [2.75, 3.05) is 19.7 Å². The van der Waals surface area contributed by atoms with Crippen LogP contribution in [0.4, 0.5) is 17.3 Å². The quantitative estimate of drug-likeness (QED) is 0.534. The van der Waals surface area contributed by atoms with Crippen molar-refractivity contribution in [3.63, 3.8) is 0 Å². The minimum Gasteiger partial charge on any atom is -0.418 e. The second kappa shape index (κ2) is 6.24. The fraction of sp³-hybridized carbons (Fsp3) is 1.00. The zero-order chi connectivity index (χ0) is 11.2. The second-order valence-corrected chi connectivity index (χ2v) is 3.35. The van der Waals surface area contributed by atoms with Crippen molar-refractivity contribution in [1.82, 2.24) is 5.32 Å². The smallest absolute Gasteiger partial charge is 0.418 e. The maximum Gasteiger partial charge on any atom is 0.673 e. The Bertz CT molecular complexity index is 141. The molecule has 1 atom stereocenters. The van der Waals surface area contributed by atoms with E-state index in [2.05, 4.69) is 19.2 Å². The Labute approximate surface area is 81.1 Å². The molecule has 0 aromatic heterocycles. The van der Waals surface area contributed by atoms with Crippen molar-refractivity contribution < 1.29 is 22.0 Å². The molecule has 1 rings (SSSR count). The van der Waals surface area contributed by atoms with Gasteiger partial charge in [0.15, 0.2) is 0 Å². The summed E-state index contributed by atoms with van der Waals surface area (Å²) in [5.74, 6) is 0.651. The van der Waals surface area contributed by atoms with E-state index in [-0.39, 0.29) is 0 Å². The Hall–Kier alpha value is -0.295. The number of hydrogen-bond acceptors (Lipinski definition) is 2. The maximum absolute atomic E-state index is 9.75. The number of hydrogen-bond donors (Lipinski definition) is 1. The highest BCUT2D eigenvalue weighted by atomic mass is 19.5. The zero-order valence-electron chi connectivity index (χ0n) is 8.27. The molecule has 0 aromatic rings. The van der Waals surface area contributed by atoms with E-state index in [4.69, 9.17) is 4.74 Å². The van der Waals surface area contributed by atoms with E-state index in [9.17, 15) is 17.3 Å². The number of halogens is 4. The standard InChI is InChI=1S/C7H15NO.BF4/c1-6(2)7-5-8-3-4-9-7;2-1(3,4)5/h6-8H,3-5H2,1-2H3;/q;-1. The largest absolute Gasteiger partial charge is 0.673 e. The normalized spacial score (nSPS) is 22.9. The monoisotopic (exact) mass is 216 g/mol. The van der Waals surface area contributed by atoms with Gasteiger partial charge >= 0.3 is 7.25 Å². The van der Waals surface area contributed by atoms with Gasteiger partial charge in [-0.3, -0.25) is 0 Å². The van der Waals surface area contributed by atoms with Crippen LogP contribution >= 0.6 is 0 Å². The molecule has 14 heavy (non-hydrogen) atoms. The SMILES string of the molecule is CC(C)C1CNCCO1.F[B-](F)(F)F. The predicted molar refractivity (Wildman–Crippen MR) is 47.6 cm³/mol. The van der Waals surface area contributed by atoms with Gasteiger partial charge < -0.3 is 27.3 Å². The molecular weight excluding hydrogens is 201 g/mol. The summed E-state index contributed by atoms with van der Waals surface area (Å²) in [5.41, 5.74) is 0. The van der Waals surface area contributed by atoms with Crippen LogP contribution in [0.2, 0.25) is 0 Å². The van der Waals surface area contributed by atoms with Crippen LogP contribution in [-0.4, -0.2) is 33.1 Å². The average Bonchev–Trinajstić information content (AvgIpc) is 2.03. The molecule has 0 saturated carbocycles. The summed E-state index contributed by atoms with van der Waals surface area (Å²) in [7, 11) is -6.00.